The van der Waals surface area contributed by atoms with Gasteiger partial charge in [0.25, 0.3) is 0 Å². The maximum atomic E-state index is 5.51. The number of aromatic amines is 1. The summed E-state index contributed by atoms with van der Waals surface area (Å²) in [7, 11) is 0. The molecule has 4 nitrogen and oxygen atoms in total. The van der Waals surface area contributed by atoms with E-state index in [1.54, 1.807) is 0 Å². The smallest absolute Gasteiger partial charge is 0.0700 e. The molecular weight excluding hydrogens is 202 g/mol. The van der Waals surface area contributed by atoms with Crippen LogP contribution in [-0.4, -0.2) is 35.5 Å². The van der Waals surface area contributed by atoms with E-state index in [0.717, 1.165) is 32.4 Å². The molecule has 0 bridgehead atoms. The molecule has 1 aromatic heterocycles. The zero-order valence-corrected chi connectivity index (χ0v) is 10.1. The van der Waals surface area contributed by atoms with E-state index in [1.807, 2.05) is 6.20 Å². The predicted octanol–water partition coefficient (Wildman–Crippen LogP) is 1.42. The van der Waals surface area contributed by atoms with Crippen LogP contribution in [0.4, 0.5) is 0 Å². The normalized spacial score (nSPS) is 25.1. The summed E-state index contributed by atoms with van der Waals surface area (Å²) < 4.78 is 5.51. The number of nitrogens with one attached hydrogen (secondary N) is 2. The maximum absolute atomic E-state index is 5.51. The maximum Gasteiger partial charge on any atom is 0.0700 e. The number of ether oxygens (including phenoxy) is 1. The summed E-state index contributed by atoms with van der Waals surface area (Å²) in [6.07, 6.45) is 5.69. The van der Waals surface area contributed by atoms with Gasteiger partial charge < -0.3 is 10.1 Å². The van der Waals surface area contributed by atoms with E-state index in [1.165, 1.54) is 11.3 Å². The molecule has 0 amide bonds. The highest BCUT2D eigenvalue weighted by Gasteiger charge is 2.22. The Kier molecular flexibility index (Phi) is 3.96. The third-order valence-corrected chi connectivity index (χ3v) is 3.34. The average Bonchev–Trinajstić information content (AvgIpc) is 2.84. The van der Waals surface area contributed by atoms with Crippen LogP contribution in [0.25, 0.3) is 0 Å². The number of rotatable bonds is 5. The molecule has 1 aromatic rings. The van der Waals surface area contributed by atoms with Crippen LogP contribution < -0.4 is 5.32 Å². The van der Waals surface area contributed by atoms with Crippen molar-refractivity contribution in [2.24, 2.45) is 0 Å². The lowest BCUT2D eigenvalue weighted by Gasteiger charge is -2.15. The van der Waals surface area contributed by atoms with E-state index in [4.69, 9.17) is 4.74 Å². The van der Waals surface area contributed by atoms with E-state index in [-0.39, 0.29) is 0 Å². The molecule has 0 spiro atoms. The first-order chi connectivity index (χ1) is 7.77. The first-order valence-electron chi connectivity index (χ1n) is 6.11. The van der Waals surface area contributed by atoms with Crippen LogP contribution in [-0.2, 0) is 11.2 Å². The molecule has 2 N–H and O–H groups in total. The highest BCUT2D eigenvalue weighted by molar-refractivity contribution is 5.14. The SMILES string of the molecule is Cc1[nH]ncc1CCCNC1CCOC1C. The van der Waals surface area contributed by atoms with Crippen molar-refractivity contribution in [2.75, 3.05) is 13.2 Å². The fourth-order valence-electron chi connectivity index (χ4n) is 2.19. The molecule has 1 aliphatic heterocycles. The van der Waals surface area contributed by atoms with Crippen molar-refractivity contribution < 1.29 is 4.74 Å². The largest absolute Gasteiger partial charge is 0.377 e. The zero-order valence-electron chi connectivity index (χ0n) is 10.1. The van der Waals surface area contributed by atoms with Crippen LogP contribution in [0.2, 0.25) is 0 Å². The van der Waals surface area contributed by atoms with E-state index in [9.17, 15) is 0 Å². The highest BCUT2D eigenvalue weighted by atomic mass is 16.5. The van der Waals surface area contributed by atoms with Crippen molar-refractivity contribution in [1.29, 1.82) is 0 Å². The van der Waals surface area contributed by atoms with Gasteiger partial charge in [-0.05, 0) is 45.2 Å². The van der Waals surface area contributed by atoms with E-state index >= 15 is 0 Å². The molecule has 1 saturated heterocycles. The topological polar surface area (TPSA) is 49.9 Å². The Labute approximate surface area is 96.8 Å². The van der Waals surface area contributed by atoms with Gasteiger partial charge in [0.15, 0.2) is 0 Å². The van der Waals surface area contributed by atoms with Crippen molar-refractivity contribution in [1.82, 2.24) is 15.5 Å². The van der Waals surface area contributed by atoms with Gasteiger partial charge >= 0.3 is 0 Å². The minimum atomic E-state index is 0.371. The van der Waals surface area contributed by atoms with Crippen LogP contribution in [0.3, 0.4) is 0 Å². The molecule has 16 heavy (non-hydrogen) atoms. The highest BCUT2D eigenvalue weighted by Crippen LogP contribution is 2.12. The molecule has 0 aromatic carbocycles. The van der Waals surface area contributed by atoms with E-state index < -0.39 is 0 Å². The fraction of sp³-hybridized carbons (Fsp3) is 0.750. The molecule has 0 radical (unpaired) electrons. The fourth-order valence-corrected chi connectivity index (χ4v) is 2.19. The third-order valence-electron chi connectivity index (χ3n) is 3.34. The van der Waals surface area contributed by atoms with Gasteiger partial charge in [0.1, 0.15) is 0 Å². The summed E-state index contributed by atoms with van der Waals surface area (Å²) in [4.78, 5) is 0. The average molecular weight is 223 g/mol. The lowest BCUT2D eigenvalue weighted by Crippen LogP contribution is -2.35. The van der Waals surface area contributed by atoms with Crippen molar-refractivity contribution in [2.45, 2.75) is 45.3 Å². The second kappa shape index (κ2) is 5.46. The molecular formula is C12H21N3O. The van der Waals surface area contributed by atoms with Gasteiger partial charge in [0.2, 0.25) is 0 Å². The Balaban J connectivity index is 1.63. The molecule has 2 rings (SSSR count). The zero-order chi connectivity index (χ0) is 11.4. The molecule has 2 atom stereocenters. The minimum absolute atomic E-state index is 0.371. The Bertz CT molecular complexity index is 324. The summed E-state index contributed by atoms with van der Waals surface area (Å²) >= 11 is 0. The Morgan fingerprint density at radius 1 is 1.62 bits per heavy atom. The number of H-pyrrole nitrogens is 1. The van der Waals surface area contributed by atoms with Crippen LogP contribution >= 0.6 is 0 Å². The van der Waals surface area contributed by atoms with E-state index in [2.05, 4.69) is 29.4 Å². The van der Waals surface area contributed by atoms with Gasteiger partial charge in [-0.25, -0.2) is 0 Å². The third kappa shape index (κ3) is 2.83. The van der Waals surface area contributed by atoms with Crippen LogP contribution in [0, 0.1) is 6.92 Å². The molecule has 0 saturated carbocycles. The van der Waals surface area contributed by atoms with Crippen LogP contribution in [0.1, 0.15) is 31.0 Å². The molecule has 4 heteroatoms. The molecule has 2 heterocycles. The Hall–Kier alpha value is -0.870. The van der Waals surface area contributed by atoms with Gasteiger partial charge in [0, 0.05) is 18.3 Å². The van der Waals surface area contributed by atoms with Gasteiger partial charge in [-0.3, -0.25) is 5.10 Å². The van der Waals surface area contributed by atoms with Gasteiger partial charge in [-0.15, -0.1) is 0 Å². The lowest BCUT2D eigenvalue weighted by atomic mass is 10.1. The first-order valence-corrected chi connectivity index (χ1v) is 6.11. The molecule has 2 unspecified atom stereocenters. The molecule has 0 aliphatic carbocycles. The van der Waals surface area contributed by atoms with Gasteiger partial charge in [-0.2, -0.15) is 5.10 Å². The quantitative estimate of drug-likeness (QED) is 0.742. The van der Waals surface area contributed by atoms with Crippen LogP contribution in [0.5, 0.6) is 0 Å². The van der Waals surface area contributed by atoms with Crippen molar-refractivity contribution in [3.8, 4) is 0 Å². The Morgan fingerprint density at radius 3 is 3.12 bits per heavy atom. The molecule has 1 aliphatic rings. The number of aromatic nitrogens is 2. The summed E-state index contributed by atoms with van der Waals surface area (Å²) in [5, 5.41) is 10.5. The monoisotopic (exact) mass is 223 g/mol. The first kappa shape index (κ1) is 11.6. The number of aryl methyl sites for hydroxylation is 2. The summed E-state index contributed by atoms with van der Waals surface area (Å²) in [6, 6.07) is 0.547. The van der Waals surface area contributed by atoms with Crippen LogP contribution in [0.15, 0.2) is 6.20 Å². The van der Waals surface area contributed by atoms with Gasteiger partial charge in [-0.1, -0.05) is 0 Å². The minimum Gasteiger partial charge on any atom is -0.377 e. The summed E-state index contributed by atoms with van der Waals surface area (Å²) in [5.74, 6) is 0. The number of nitrogens with zero attached hydrogens (tertiary/aromatic N) is 1. The summed E-state index contributed by atoms with van der Waals surface area (Å²) in [6.45, 7) is 6.18. The molecule has 1 fully saturated rings. The van der Waals surface area contributed by atoms with E-state index in [0.29, 0.717) is 12.1 Å². The number of hydrogen-bond donors (Lipinski definition) is 2. The summed E-state index contributed by atoms with van der Waals surface area (Å²) in [5.41, 5.74) is 2.52. The molecule has 90 valence electrons. The number of hydrogen-bond acceptors (Lipinski definition) is 3. The lowest BCUT2D eigenvalue weighted by molar-refractivity contribution is 0.113. The Morgan fingerprint density at radius 2 is 2.50 bits per heavy atom. The van der Waals surface area contributed by atoms with Crippen molar-refractivity contribution in [3.05, 3.63) is 17.5 Å². The van der Waals surface area contributed by atoms with Crippen molar-refractivity contribution >= 4 is 0 Å². The predicted molar refractivity (Wildman–Crippen MR) is 63.5 cm³/mol. The second-order valence-electron chi connectivity index (χ2n) is 4.55. The van der Waals surface area contributed by atoms with Crippen molar-refractivity contribution in [3.63, 3.8) is 0 Å². The second-order valence-corrected chi connectivity index (χ2v) is 4.55. The standard InChI is InChI=1S/C12H21N3O/c1-9-11(8-14-15-9)4-3-6-13-12-5-7-16-10(12)2/h8,10,12-13H,3-7H2,1-2H3,(H,14,15). The van der Waals surface area contributed by atoms with Gasteiger partial charge in [0.05, 0.1) is 12.3 Å².